The van der Waals surface area contributed by atoms with Crippen LogP contribution in [0.5, 0.6) is 0 Å². The van der Waals surface area contributed by atoms with Gasteiger partial charge in [-0.25, -0.2) is 0 Å². The number of carbonyl (C=O) groups is 1. The molecular formula is C15H25N2O+. The minimum atomic E-state index is 0.274. The van der Waals surface area contributed by atoms with Gasteiger partial charge in [0.2, 0.25) is 0 Å². The van der Waals surface area contributed by atoms with Gasteiger partial charge in [0.25, 0.3) is 5.91 Å². The number of rotatable bonds is 2. The smallest absolute Gasteiger partial charge is 0.269 e. The molecule has 1 heterocycles. The van der Waals surface area contributed by atoms with Gasteiger partial charge in [-0.1, -0.05) is 27.7 Å². The topological polar surface area (TPSA) is 32.1 Å². The maximum Gasteiger partial charge on any atom is 0.284 e. The Morgan fingerprint density at radius 1 is 1.17 bits per heavy atom. The number of fused-ring (bicyclic) bond motifs is 5. The maximum absolute atomic E-state index is 12.2. The average molecular weight is 249 g/mol. The molecule has 3 aliphatic rings. The van der Waals surface area contributed by atoms with E-state index < -0.39 is 0 Å². The first-order valence-electron chi connectivity index (χ1n) is 7.47. The number of hydrogen-bond donors (Lipinski definition) is 1. The Kier molecular flexibility index (Phi) is 2.76. The van der Waals surface area contributed by atoms with Gasteiger partial charge < -0.3 is 0 Å². The summed E-state index contributed by atoms with van der Waals surface area (Å²) in [6.07, 6.45) is 3.87. The molecule has 3 fully saturated rings. The Morgan fingerprint density at radius 2 is 1.78 bits per heavy atom. The van der Waals surface area contributed by atoms with Crippen molar-refractivity contribution < 1.29 is 9.48 Å². The lowest BCUT2D eigenvalue weighted by Crippen LogP contribution is -2.41. The van der Waals surface area contributed by atoms with Gasteiger partial charge in [-0.3, -0.25) is 4.79 Å². The van der Waals surface area contributed by atoms with E-state index in [0.29, 0.717) is 23.8 Å². The van der Waals surface area contributed by atoms with E-state index in [1.54, 1.807) is 0 Å². The van der Waals surface area contributed by atoms with Crippen LogP contribution in [0.4, 0.5) is 0 Å². The molecule has 0 radical (unpaired) electrons. The molecule has 4 atom stereocenters. The summed E-state index contributed by atoms with van der Waals surface area (Å²) >= 11 is 0. The van der Waals surface area contributed by atoms with Gasteiger partial charge in [0, 0.05) is 17.8 Å². The fraction of sp³-hybridized carbons (Fsp3) is 0.867. The Labute approximate surface area is 110 Å². The first-order chi connectivity index (χ1) is 8.50. The summed E-state index contributed by atoms with van der Waals surface area (Å²) < 4.78 is 2.27. The first kappa shape index (κ1) is 12.2. The van der Waals surface area contributed by atoms with E-state index in [0.717, 1.165) is 5.92 Å². The standard InChI is InChI=1S/C15H24N2O/c1-8(2)13(9(3)4)17-14-11-6-5-10(7-11)12(14)15(18)16-17/h8-12,14H,5-7H2,1-4H3/p+1/t10-,11?,12+,14-/m1/s1. The van der Waals surface area contributed by atoms with Crippen molar-refractivity contribution >= 4 is 11.6 Å². The van der Waals surface area contributed by atoms with E-state index in [1.165, 1.54) is 25.0 Å². The van der Waals surface area contributed by atoms with Crippen molar-refractivity contribution in [3.8, 4) is 0 Å². The highest BCUT2D eigenvalue weighted by atomic mass is 16.2. The van der Waals surface area contributed by atoms with Crippen LogP contribution >= 0.6 is 0 Å². The summed E-state index contributed by atoms with van der Waals surface area (Å²) in [4.78, 5) is 12.2. The molecule has 3 nitrogen and oxygen atoms in total. The van der Waals surface area contributed by atoms with E-state index in [-0.39, 0.29) is 11.8 Å². The molecule has 0 aromatic rings. The molecule has 2 saturated carbocycles. The van der Waals surface area contributed by atoms with Crippen molar-refractivity contribution in [3.05, 3.63) is 0 Å². The molecule has 0 spiro atoms. The molecular weight excluding hydrogens is 224 g/mol. The monoisotopic (exact) mass is 249 g/mol. The summed E-state index contributed by atoms with van der Waals surface area (Å²) in [7, 11) is 0. The molecule has 3 heteroatoms. The normalized spacial score (nSPS) is 37.7. The highest BCUT2D eigenvalue weighted by molar-refractivity contribution is 5.86. The SMILES string of the molecule is CC(C)C(C(C)C)=[N+]1NC(=O)[C@H]2[C@@H]3CCC(C3)[C@H]21. The van der Waals surface area contributed by atoms with Crippen LogP contribution in [0.15, 0.2) is 0 Å². The molecule has 100 valence electrons. The fourth-order valence-electron chi connectivity index (χ4n) is 4.73. The van der Waals surface area contributed by atoms with Crippen molar-refractivity contribution in [2.45, 2.75) is 53.0 Å². The Hall–Kier alpha value is -0.860. The van der Waals surface area contributed by atoms with E-state index >= 15 is 0 Å². The molecule has 1 unspecified atom stereocenters. The zero-order valence-corrected chi connectivity index (χ0v) is 11.9. The Morgan fingerprint density at radius 3 is 2.39 bits per heavy atom. The van der Waals surface area contributed by atoms with Crippen LogP contribution in [0.25, 0.3) is 0 Å². The van der Waals surface area contributed by atoms with Crippen molar-refractivity contribution in [2.75, 3.05) is 0 Å². The van der Waals surface area contributed by atoms with E-state index in [1.807, 2.05) is 0 Å². The van der Waals surface area contributed by atoms with Gasteiger partial charge in [-0.05, 0) is 25.2 Å². The van der Waals surface area contributed by atoms with Crippen molar-refractivity contribution in [3.63, 3.8) is 0 Å². The zero-order chi connectivity index (χ0) is 13.0. The van der Waals surface area contributed by atoms with Gasteiger partial charge >= 0.3 is 0 Å². The second kappa shape index (κ2) is 4.07. The number of carbonyl (C=O) groups excluding carboxylic acids is 1. The number of amides is 1. The molecule has 18 heavy (non-hydrogen) atoms. The van der Waals surface area contributed by atoms with E-state index in [4.69, 9.17) is 0 Å². The fourth-order valence-corrected chi connectivity index (χ4v) is 4.73. The van der Waals surface area contributed by atoms with Crippen molar-refractivity contribution in [2.24, 2.45) is 29.6 Å². The lowest BCUT2D eigenvalue weighted by Gasteiger charge is -2.20. The number of hydrogen-bond acceptors (Lipinski definition) is 1. The van der Waals surface area contributed by atoms with Crippen LogP contribution in [-0.2, 0) is 4.79 Å². The molecule has 1 amide bonds. The molecule has 1 N–H and O–H groups in total. The third kappa shape index (κ3) is 1.55. The van der Waals surface area contributed by atoms with Gasteiger partial charge in [0.1, 0.15) is 5.92 Å². The van der Waals surface area contributed by atoms with Crippen LogP contribution < -0.4 is 5.43 Å². The molecule has 2 aliphatic carbocycles. The van der Waals surface area contributed by atoms with Crippen LogP contribution in [-0.4, -0.2) is 22.3 Å². The highest BCUT2D eigenvalue weighted by Gasteiger charge is 2.62. The molecule has 2 bridgehead atoms. The van der Waals surface area contributed by atoms with Gasteiger partial charge in [0.15, 0.2) is 11.8 Å². The predicted molar refractivity (Wildman–Crippen MR) is 71.2 cm³/mol. The van der Waals surface area contributed by atoms with Crippen LogP contribution in [0.3, 0.4) is 0 Å². The predicted octanol–water partition coefficient (Wildman–Crippen LogP) is 2.21. The third-order valence-electron chi connectivity index (χ3n) is 5.17. The quantitative estimate of drug-likeness (QED) is 0.748. The first-order valence-corrected chi connectivity index (χ1v) is 7.47. The summed E-state index contributed by atoms with van der Waals surface area (Å²) in [5.74, 6) is 2.96. The average Bonchev–Trinajstić information content (AvgIpc) is 2.91. The zero-order valence-electron chi connectivity index (χ0n) is 11.9. The highest BCUT2D eigenvalue weighted by Crippen LogP contribution is 2.51. The molecule has 1 saturated heterocycles. The second-order valence-corrected chi connectivity index (χ2v) is 6.93. The summed E-state index contributed by atoms with van der Waals surface area (Å²) in [6, 6.07) is 0.455. The molecule has 3 rings (SSSR count). The lowest BCUT2D eigenvalue weighted by atomic mass is 9.85. The number of nitrogens with one attached hydrogen (secondary N) is 1. The van der Waals surface area contributed by atoms with E-state index in [9.17, 15) is 4.79 Å². The van der Waals surface area contributed by atoms with Crippen molar-refractivity contribution in [1.82, 2.24) is 5.43 Å². The van der Waals surface area contributed by atoms with Crippen LogP contribution in [0.2, 0.25) is 0 Å². The van der Waals surface area contributed by atoms with Crippen molar-refractivity contribution in [1.29, 1.82) is 0 Å². The Bertz CT molecular complexity index is 401. The number of hydrazine groups is 1. The number of hydrazone groups is 1. The molecule has 0 aromatic carbocycles. The minimum Gasteiger partial charge on any atom is -0.269 e. The van der Waals surface area contributed by atoms with Gasteiger partial charge in [0.05, 0.1) is 0 Å². The number of nitrogens with zero attached hydrogens (tertiary/aromatic N) is 1. The largest absolute Gasteiger partial charge is 0.284 e. The summed E-state index contributed by atoms with van der Waals surface area (Å²) in [5, 5.41) is 0. The maximum atomic E-state index is 12.2. The summed E-state index contributed by atoms with van der Waals surface area (Å²) in [5.41, 5.74) is 4.58. The van der Waals surface area contributed by atoms with Crippen LogP contribution in [0.1, 0.15) is 47.0 Å². The van der Waals surface area contributed by atoms with E-state index in [2.05, 4.69) is 37.8 Å². The Balaban J connectivity index is 2.03. The minimum absolute atomic E-state index is 0.274. The van der Waals surface area contributed by atoms with Gasteiger partial charge in [-0.2, -0.15) is 0 Å². The second-order valence-electron chi connectivity index (χ2n) is 6.93. The molecule has 1 aliphatic heterocycles. The molecule has 0 aromatic heterocycles. The van der Waals surface area contributed by atoms with Gasteiger partial charge in [-0.15, -0.1) is 10.1 Å². The van der Waals surface area contributed by atoms with Crippen LogP contribution in [0, 0.1) is 29.6 Å². The third-order valence-corrected chi connectivity index (χ3v) is 5.17. The lowest BCUT2D eigenvalue weighted by molar-refractivity contribution is -0.606. The summed E-state index contributed by atoms with van der Waals surface area (Å²) in [6.45, 7) is 8.95.